The number of carbonyl (C=O) groups excluding carboxylic acids is 5. The molecule has 19 heteroatoms. The van der Waals surface area contributed by atoms with E-state index < -0.39 is 58.2 Å². The third-order valence-electron chi connectivity index (χ3n) is 8.11. The fraction of sp³-hybridized carbons (Fsp3) is 0.324. The monoisotopic (exact) mass is 792 g/mol. The standard InChI is InChI=1S/C37H44N8O10S/c1-44(30-22-39-34(41-32(30)47)43-56(2,51)52)31(46)21-29(40-35(48)53-23-26-13-6-3-7-14-26)19-12-20-45(37(50)55-25-28-17-10-5-11-18-28)33(38)42-36(49)54-24-27-15-8-4-9-16-27/h3-11,13-18,29-30H,12,19-25H2,1-2H3,(H,40,48)(H2,38,42,49)(H2,39,41,43,47)/t29-,30?/m0/s1. The van der Waals surface area contributed by atoms with Crippen molar-refractivity contribution < 1.29 is 46.6 Å². The van der Waals surface area contributed by atoms with Gasteiger partial charge in [0.25, 0.3) is 5.91 Å². The molecule has 56 heavy (non-hydrogen) atoms. The number of guanidine groups is 2. The maximum absolute atomic E-state index is 13.5. The Morgan fingerprint density at radius 3 is 1.96 bits per heavy atom. The van der Waals surface area contributed by atoms with Crippen LogP contribution in [0.2, 0.25) is 0 Å². The quantitative estimate of drug-likeness (QED) is 0.0991. The fourth-order valence-electron chi connectivity index (χ4n) is 5.22. The summed E-state index contributed by atoms with van der Waals surface area (Å²) in [5.74, 6) is -2.00. The van der Waals surface area contributed by atoms with Gasteiger partial charge in [-0.15, -0.1) is 4.99 Å². The number of likely N-dealkylation sites (N-methyl/N-ethyl adjacent to an activating group) is 1. The van der Waals surface area contributed by atoms with Gasteiger partial charge in [-0.1, -0.05) is 91.0 Å². The summed E-state index contributed by atoms with van der Waals surface area (Å²) in [6.45, 7) is -0.628. The maximum Gasteiger partial charge on any atom is 0.437 e. The van der Waals surface area contributed by atoms with Crippen LogP contribution in [0.1, 0.15) is 36.0 Å². The number of nitrogens with zero attached hydrogens (tertiary/aromatic N) is 4. The largest absolute Gasteiger partial charge is 0.445 e. The Labute approximate surface area is 324 Å². The Bertz CT molecular complexity index is 1980. The van der Waals surface area contributed by atoms with E-state index >= 15 is 0 Å². The molecule has 0 aliphatic carbocycles. The molecule has 0 spiro atoms. The number of amides is 5. The third-order valence-corrected chi connectivity index (χ3v) is 8.68. The number of carbonyl (C=O) groups is 5. The molecule has 18 nitrogen and oxygen atoms in total. The van der Waals surface area contributed by atoms with Crippen LogP contribution in [-0.2, 0) is 53.6 Å². The summed E-state index contributed by atoms with van der Waals surface area (Å²) < 4.78 is 41.3. The Morgan fingerprint density at radius 1 is 0.893 bits per heavy atom. The van der Waals surface area contributed by atoms with Crippen LogP contribution in [0.15, 0.2) is 101 Å². The highest BCUT2D eigenvalue weighted by molar-refractivity contribution is 7.89. The molecule has 298 valence electrons. The third kappa shape index (κ3) is 14.4. The Morgan fingerprint density at radius 2 is 1.43 bits per heavy atom. The zero-order valence-electron chi connectivity index (χ0n) is 30.8. The van der Waals surface area contributed by atoms with E-state index in [-0.39, 0.29) is 58.1 Å². The number of hydrogen-bond donors (Lipinski definition) is 4. The zero-order valence-corrected chi connectivity index (χ0v) is 31.6. The molecule has 1 heterocycles. The van der Waals surface area contributed by atoms with Gasteiger partial charge in [-0.3, -0.25) is 19.6 Å². The van der Waals surface area contributed by atoms with Crippen molar-refractivity contribution in [2.24, 2.45) is 15.7 Å². The number of nitrogens with two attached hydrogens (primary N) is 1. The SMILES string of the molecule is CN(C(=O)C[C@H](CCCN(C(=O)OCc1ccccc1)/C(N)=N/C(=O)OCc1ccccc1)NC(=O)OCc1ccccc1)C1CN=C(NS(C)(=O)=O)NC1=O. The molecule has 0 radical (unpaired) electrons. The van der Waals surface area contributed by atoms with Gasteiger partial charge in [0.1, 0.15) is 25.9 Å². The van der Waals surface area contributed by atoms with Crippen molar-refractivity contribution in [3.05, 3.63) is 108 Å². The number of aliphatic imine (C=N–C) groups is 2. The molecule has 0 fully saturated rings. The molecule has 5 N–H and O–H groups in total. The van der Waals surface area contributed by atoms with Gasteiger partial charge in [0, 0.05) is 26.1 Å². The summed E-state index contributed by atoms with van der Waals surface area (Å²) in [4.78, 5) is 75.0. The molecule has 3 aromatic carbocycles. The molecule has 4 rings (SSSR count). The van der Waals surface area contributed by atoms with Crippen molar-refractivity contribution in [1.82, 2.24) is 25.2 Å². The summed E-state index contributed by atoms with van der Waals surface area (Å²) in [5.41, 5.74) is 8.28. The first kappa shape index (κ1) is 42.2. The minimum absolute atomic E-state index is 0.0499. The minimum Gasteiger partial charge on any atom is -0.445 e. The topological polar surface area (TPSA) is 240 Å². The first-order valence-electron chi connectivity index (χ1n) is 17.4. The first-order chi connectivity index (χ1) is 26.8. The first-order valence-corrected chi connectivity index (χ1v) is 19.3. The number of sulfonamides is 1. The smallest absolute Gasteiger partial charge is 0.437 e. The van der Waals surface area contributed by atoms with Gasteiger partial charge in [0.05, 0.1) is 12.8 Å². The van der Waals surface area contributed by atoms with Crippen molar-refractivity contribution in [3.8, 4) is 0 Å². The zero-order chi connectivity index (χ0) is 40.5. The summed E-state index contributed by atoms with van der Waals surface area (Å²) in [7, 11) is -2.34. The summed E-state index contributed by atoms with van der Waals surface area (Å²) >= 11 is 0. The molecule has 0 bridgehead atoms. The van der Waals surface area contributed by atoms with E-state index in [1.54, 1.807) is 78.9 Å². The fourth-order valence-corrected chi connectivity index (χ4v) is 5.68. The van der Waals surface area contributed by atoms with Crippen LogP contribution in [0.3, 0.4) is 0 Å². The molecule has 0 saturated heterocycles. The lowest BCUT2D eigenvalue weighted by Crippen LogP contribution is -2.57. The van der Waals surface area contributed by atoms with Gasteiger partial charge >= 0.3 is 18.3 Å². The lowest BCUT2D eigenvalue weighted by Gasteiger charge is -2.30. The predicted molar refractivity (Wildman–Crippen MR) is 204 cm³/mol. The lowest BCUT2D eigenvalue weighted by molar-refractivity contribution is -0.138. The van der Waals surface area contributed by atoms with Crippen molar-refractivity contribution >= 4 is 52.0 Å². The lowest BCUT2D eigenvalue weighted by atomic mass is 10.1. The molecule has 2 atom stereocenters. The van der Waals surface area contributed by atoms with Gasteiger partial charge in [0.2, 0.25) is 27.8 Å². The highest BCUT2D eigenvalue weighted by atomic mass is 32.2. The van der Waals surface area contributed by atoms with E-state index in [4.69, 9.17) is 19.9 Å². The summed E-state index contributed by atoms with van der Waals surface area (Å²) in [6.07, 6.45) is -2.02. The maximum atomic E-state index is 13.5. The Balaban J connectivity index is 1.45. The van der Waals surface area contributed by atoms with Crippen molar-refractivity contribution in [3.63, 3.8) is 0 Å². The number of alkyl carbamates (subject to hydrolysis) is 1. The van der Waals surface area contributed by atoms with E-state index in [9.17, 15) is 32.4 Å². The molecule has 0 saturated carbocycles. The number of ether oxygens (including phenoxy) is 3. The van der Waals surface area contributed by atoms with Crippen LogP contribution in [-0.4, -0.2) is 98.7 Å². The van der Waals surface area contributed by atoms with E-state index in [1.165, 1.54) is 7.05 Å². The van der Waals surface area contributed by atoms with Crippen molar-refractivity contribution in [2.45, 2.75) is 51.2 Å². The summed E-state index contributed by atoms with van der Waals surface area (Å²) in [6, 6.07) is 24.7. The average Bonchev–Trinajstić information content (AvgIpc) is 3.17. The Kier molecular flexibility index (Phi) is 15.7. The van der Waals surface area contributed by atoms with Crippen LogP contribution in [0.25, 0.3) is 0 Å². The van der Waals surface area contributed by atoms with Gasteiger partial charge in [-0.05, 0) is 29.5 Å². The second kappa shape index (κ2) is 20.8. The highest BCUT2D eigenvalue weighted by Gasteiger charge is 2.32. The van der Waals surface area contributed by atoms with Gasteiger partial charge in [-0.2, -0.15) is 0 Å². The van der Waals surface area contributed by atoms with Crippen LogP contribution < -0.4 is 21.1 Å². The molecular weight excluding hydrogens is 749 g/mol. The molecule has 5 amide bonds. The number of nitrogens with one attached hydrogen (secondary N) is 3. The van der Waals surface area contributed by atoms with Gasteiger partial charge < -0.3 is 30.2 Å². The second-order valence-corrected chi connectivity index (χ2v) is 14.3. The molecule has 3 aromatic rings. The predicted octanol–water partition coefficient (Wildman–Crippen LogP) is 2.60. The second-order valence-electron chi connectivity index (χ2n) is 12.5. The summed E-state index contributed by atoms with van der Waals surface area (Å²) in [5, 5.41) is 5.01. The Hall–Kier alpha value is -6.50. The molecule has 1 aliphatic rings. The average molecular weight is 793 g/mol. The van der Waals surface area contributed by atoms with E-state index in [2.05, 4.69) is 25.3 Å². The van der Waals surface area contributed by atoms with E-state index in [1.807, 2.05) is 12.1 Å². The normalized spacial score (nSPS) is 14.6. The van der Waals surface area contributed by atoms with Crippen LogP contribution in [0.4, 0.5) is 14.4 Å². The number of benzene rings is 3. The number of hydrogen-bond acceptors (Lipinski definition) is 11. The van der Waals surface area contributed by atoms with Gasteiger partial charge in [0.15, 0.2) is 0 Å². The van der Waals surface area contributed by atoms with E-state index in [0.717, 1.165) is 21.6 Å². The van der Waals surface area contributed by atoms with Crippen LogP contribution >= 0.6 is 0 Å². The molecule has 1 aliphatic heterocycles. The highest BCUT2D eigenvalue weighted by Crippen LogP contribution is 2.13. The van der Waals surface area contributed by atoms with Crippen LogP contribution in [0, 0.1) is 0 Å². The van der Waals surface area contributed by atoms with Crippen molar-refractivity contribution in [1.29, 1.82) is 0 Å². The van der Waals surface area contributed by atoms with Gasteiger partial charge in [-0.25, -0.2) is 32.7 Å². The van der Waals surface area contributed by atoms with Crippen LogP contribution in [0.5, 0.6) is 0 Å². The molecule has 0 aromatic heterocycles. The van der Waals surface area contributed by atoms with E-state index in [0.29, 0.717) is 11.1 Å². The van der Waals surface area contributed by atoms with Crippen molar-refractivity contribution in [2.75, 3.05) is 26.4 Å². The molecular formula is C37H44N8O10S. The minimum atomic E-state index is -3.71. The number of rotatable bonds is 15. The molecule has 1 unspecified atom stereocenters.